The minimum Gasteiger partial charge on any atom is -0.393 e. The molecule has 2 aromatic carbocycles. The van der Waals surface area contributed by atoms with Crippen LogP contribution in [0.15, 0.2) is 72.8 Å². The lowest BCUT2D eigenvalue weighted by Crippen LogP contribution is -2.43. The van der Waals surface area contributed by atoms with Crippen molar-refractivity contribution in [3.63, 3.8) is 0 Å². The molecule has 2 aromatic rings. The Balaban J connectivity index is 0.975. The smallest absolute Gasteiger partial charge is 0.241 e. The first-order chi connectivity index (χ1) is 19.8. The highest BCUT2D eigenvalue weighted by molar-refractivity contribution is 6.24. The second-order valence-corrected chi connectivity index (χ2v) is 11.6. The molecule has 41 heavy (non-hydrogen) atoms. The lowest BCUT2D eigenvalue weighted by molar-refractivity contribution is -0.129. The molecule has 208 valence electrons. The first kappa shape index (κ1) is 24.8. The Morgan fingerprint density at radius 2 is 1.00 bits per heavy atom. The van der Waals surface area contributed by atoms with Gasteiger partial charge in [-0.1, -0.05) is 48.6 Å². The van der Waals surface area contributed by atoms with Crippen LogP contribution in [0, 0.1) is 23.7 Å². The summed E-state index contributed by atoms with van der Waals surface area (Å²) in [6.07, 6.45) is 6.46. The number of aliphatic hydroxyl groups excluding tert-OH is 2. The maximum atomic E-state index is 13.3. The minimum absolute atomic E-state index is 0.316. The average molecular weight is 555 g/mol. The highest BCUT2D eigenvalue weighted by atomic mass is 16.5. The number of aliphatic hydroxyl groups is 2. The summed E-state index contributed by atoms with van der Waals surface area (Å²) in [5.74, 6) is -4.06. The van der Waals surface area contributed by atoms with Crippen molar-refractivity contribution in [1.82, 2.24) is 0 Å². The van der Waals surface area contributed by atoms with Gasteiger partial charge in [0.1, 0.15) is 11.2 Å². The number of rotatable bonds is 6. The lowest BCUT2D eigenvalue weighted by Gasteiger charge is -2.26. The van der Waals surface area contributed by atoms with Crippen molar-refractivity contribution in [3.8, 4) is 0 Å². The number of imide groups is 2. The molecule has 8 atom stereocenters. The van der Waals surface area contributed by atoms with Crippen LogP contribution in [0.25, 0.3) is 0 Å². The van der Waals surface area contributed by atoms with Crippen LogP contribution in [0.4, 0.5) is 11.4 Å². The fourth-order valence-corrected chi connectivity index (χ4v) is 7.64. The molecular formula is C31H26N2O8. The molecule has 8 unspecified atom stereocenters. The molecule has 4 fully saturated rings. The number of hydrogen-bond donors (Lipinski definition) is 2. The monoisotopic (exact) mass is 554 g/mol. The van der Waals surface area contributed by atoms with Gasteiger partial charge in [0.25, 0.3) is 0 Å². The van der Waals surface area contributed by atoms with Crippen molar-refractivity contribution in [1.29, 1.82) is 0 Å². The largest absolute Gasteiger partial charge is 0.393 e. The van der Waals surface area contributed by atoms with Crippen molar-refractivity contribution in [3.05, 3.63) is 84.0 Å². The van der Waals surface area contributed by atoms with Gasteiger partial charge in [0, 0.05) is 0 Å². The van der Waals surface area contributed by atoms with Gasteiger partial charge in [0.15, 0.2) is 0 Å². The van der Waals surface area contributed by atoms with Crippen LogP contribution in [0.5, 0.6) is 0 Å². The van der Waals surface area contributed by atoms with Crippen LogP contribution < -0.4 is 9.80 Å². The van der Waals surface area contributed by atoms with Gasteiger partial charge in [-0.3, -0.25) is 19.2 Å². The maximum Gasteiger partial charge on any atom is 0.241 e. The first-order valence-corrected chi connectivity index (χ1v) is 13.7. The Hall–Kier alpha value is -3.96. The number of carbonyl (C=O) groups excluding carboxylic acids is 4. The Bertz CT molecular complexity index is 1460. The van der Waals surface area contributed by atoms with Crippen LogP contribution in [-0.2, 0) is 35.1 Å². The molecule has 0 spiro atoms. The van der Waals surface area contributed by atoms with E-state index >= 15 is 0 Å². The summed E-state index contributed by atoms with van der Waals surface area (Å²) in [6, 6.07) is 14.4. The number of hydrogen-bond acceptors (Lipinski definition) is 8. The van der Waals surface area contributed by atoms with E-state index in [-0.39, 0.29) is 36.8 Å². The molecule has 8 rings (SSSR count). The number of ether oxygens (including phenoxy) is 2. The molecule has 0 radical (unpaired) electrons. The normalized spacial score (nSPS) is 37.7. The quantitative estimate of drug-likeness (QED) is 0.397. The van der Waals surface area contributed by atoms with Crippen molar-refractivity contribution in [2.45, 2.75) is 29.8 Å². The molecule has 10 heteroatoms. The van der Waals surface area contributed by atoms with E-state index in [1.54, 1.807) is 48.6 Å². The molecule has 0 aliphatic carbocycles. The molecule has 6 aliphatic rings. The van der Waals surface area contributed by atoms with Crippen LogP contribution in [0.1, 0.15) is 11.1 Å². The second kappa shape index (κ2) is 8.29. The van der Waals surface area contributed by atoms with E-state index in [1.807, 2.05) is 24.3 Å². The first-order valence-electron chi connectivity index (χ1n) is 13.7. The zero-order valence-corrected chi connectivity index (χ0v) is 21.8. The fourth-order valence-electron chi connectivity index (χ4n) is 7.64. The molecule has 4 bridgehead atoms. The van der Waals surface area contributed by atoms with Crippen molar-refractivity contribution >= 4 is 35.0 Å². The van der Waals surface area contributed by atoms with E-state index in [0.717, 1.165) is 11.1 Å². The molecule has 6 heterocycles. The van der Waals surface area contributed by atoms with E-state index in [4.69, 9.17) is 9.47 Å². The van der Waals surface area contributed by atoms with Crippen molar-refractivity contribution in [2.75, 3.05) is 23.0 Å². The molecule has 2 N–H and O–H groups in total. The fraction of sp³-hybridized carbons (Fsp3) is 0.355. The second-order valence-electron chi connectivity index (χ2n) is 11.6. The summed E-state index contributed by atoms with van der Waals surface area (Å²) in [5, 5.41) is 19.8. The van der Waals surface area contributed by atoms with Gasteiger partial charge < -0.3 is 19.7 Å². The molecule has 6 aliphatic heterocycles. The minimum atomic E-state index is -1.13. The Morgan fingerprint density at radius 1 is 0.610 bits per heavy atom. The van der Waals surface area contributed by atoms with Gasteiger partial charge in [-0.15, -0.1) is 0 Å². The zero-order chi connectivity index (χ0) is 28.3. The van der Waals surface area contributed by atoms with Crippen LogP contribution in [0.2, 0.25) is 0 Å². The van der Waals surface area contributed by atoms with Gasteiger partial charge in [0.2, 0.25) is 23.6 Å². The third kappa shape index (κ3) is 3.10. The van der Waals surface area contributed by atoms with Crippen molar-refractivity contribution < 1.29 is 38.9 Å². The van der Waals surface area contributed by atoms with Gasteiger partial charge in [-0.05, 0) is 41.8 Å². The highest BCUT2D eigenvalue weighted by Gasteiger charge is 2.68. The van der Waals surface area contributed by atoms with Gasteiger partial charge in [0.05, 0.1) is 60.5 Å². The Morgan fingerprint density at radius 3 is 1.37 bits per heavy atom. The maximum absolute atomic E-state index is 13.3. The van der Waals surface area contributed by atoms with Crippen LogP contribution >= 0.6 is 0 Å². The highest BCUT2D eigenvalue weighted by Crippen LogP contribution is 2.53. The van der Waals surface area contributed by atoms with Crippen LogP contribution in [0.3, 0.4) is 0 Å². The molecule has 4 amide bonds. The third-order valence-electron chi connectivity index (χ3n) is 9.60. The number of carbonyl (C=O) groups is 4. The van der Waals surface area contributed by atoms with E-state index in [9.17, 15) is 29.4 Å². The van der Waals surface area contributed by atoms with E-state index in [1.165, 1.54) is 9.80 Å². The SMILES string of the molecule is O=C1C2C3C=CC(CO)(O3)C2C(=O)N1c1ccc(Cc2ccc(N3C(=O)C4C5C=CC(CO)(O5)C4C3=O)cc2)cc1. The molecular weight excluding hydrogens is 528 g/mol. The van der Waals surface area contributed by atoms with E-state index in [2.05, 4.69) is 0 Å². The molecule has 0 saturated carbocycles. The predicted molar refractivity (Wildman–Crippen MR) is 142 cm³/mol. The number of nitrogens with zero attached hydrogens (tertiary/aromatic N) is 2. The zero-order valence-electron chi connectivity index (χ0n) is 21.8. The number of amides is 4. The predicted octanol–water partition coefficient (Wildman–Crippen LogP) is 0.888. The van der Waals surface area contributed by atoms with Gasteiger partial charge in [-0.25, -0.2) is 9.80 Å². The number of anilines is 2. The van der Waals surface area contributed by atoms with Crippen LogP contribution in [-0.4, -0.2) is 70.5 Å². The van der Waals surface area contributed by atoms with E-state index < -0.39 is 47.1 Å². The number of fused-ring (bicyclic) bond motifs is 10. The topological polar surface area (TPSA) is 134 Å². The van der Waals surface area contributed by atoms with Gasteiger partial charge >= 0.3 is 0 Å². The van der Waals surface area contributed by atoms with Crippen molar-refractivity contribution in [2.24, 2.45) is 23.7 Å². The molecule has 0 aromatic heterocycles. The van der Waals surface area contributed by atoms with Gasteiger partial charge in [-0.2, -0.15) is 0 Å². The Labute approximate surface area is 234 Å². The Kier molecular flexibility index (Phi) is 5.02. The molecule has 4 saturated heterocycles. The lowest BCUT2D eigenvalue weighted by atomic mass is 9.77. The summed E-state index contributed by atoms with van der Waals surface area (Å²) < 4.78 is 11.6. The average Bonchev–Trinajstić information content (AvgIpc) is 3.82. The van der Waals surface area contributed by atoms with E-state index in [0.29, 0.717) is 17.8 Å². The summed E-state index contributed by atoms with van der Waals surface area (Å²) in [7, 11) is 0. The third-order valence-corrected chi connectivity index (χ3v) is 9.60. The summed E-state index contributed by atoms with van der Waals surface area (Å²) in [5.41, 5.74) is 0.597. The summed E-state index contributed by atoms with van der Waals surface area (Å²) in [4.78, 5) is 55.3. The standard InChI is InChI=1S/C31H26N2O8/c34-14-30-11-9-20(40-30)22-24(30)28(38)32(26(22)36)18-5-1-16(2-6-18)13-17-3-7-19(8-4-17)33-27(37)23-21-10-12-31(15-35,41-21)25(23)29(33)39/h1-12,20-25,34-35H,13-15H2. The molecule has 10 nitrogen and oxygen atoms in total. The summed E-state index contributed by atoms with van der Waals surface area (Å²) >= 11 is 0. The summed E-state index contributed by atoms with van der Waals surface area (Å²) in [6.45, 7) is -0.717. The number of benzene rings is 2.